The number of para-hydroxylation sites is 2. The molecule has 2 rings (SSSR count). The van der Waals surface area contributed by atoms with Crippen molar-refractivity contribution in [2.45, 2.75) is 11.1 Å². The van der Waals surface area contributed by atoms with Crippen molar-refractivity contribution in [3.05, 3.63) is 54.1 Å². The molecule has 0 saturated carbocycles. The minimum atomic E-state index is -4.73. The van der Waals surface area contributed by atoms with Gasteiger partial charge in [0.2, 0.25) is 0 Å². The van der Waals surface area contributed by atoms with E-state index in [1.54, 1.807) is 0 Å². The fraction of sp³-hybridized carbons (Fsp3) is 0.143. The van der Waals surface area contributed by atoms with Gasteiger partial charge in [-0.15, -0.1) is 0 Å². The Morgan fingerprint density at radius 1 is 0.909 bits per heavy atom. The van der Waals surface area contributed by atoms with Crippen LogP contribution in [0.2, 0.25) is 0 Å². The number of benzene rings is 2. The Hall–Kier alpha value is -2.22. The van der Waals surface area contributed by atoms with Crippen molar-refractivity contribution in [1.82, 2.24) is 0 Å². The highest BCUT2D eigenvalue weighted by atomic mass is 32.2. The average molecular weight is 332 g/mol. The molecule has 0 heterocycles. The van der Waals surface area contributed by atoms with E-state index in [-0.39, 0.29) is 10.6 Å². The Labute approximate surface area is 125 Å². The van der Waals surface area contributed by atoms with E-state index in [1.165, 1.54) is 37.4 Å². The van der Waals surface area contributed by atoms with Gasteiger partial charge in [-0.2, -0.15) is 21.6 Å². The molecule has 2 aromatic rings. The molecule has 0 spiro atoms. The SMILES string of the molecule is COc1ccccc1S(=O)(=O)Oc1ccccc1C(F)(F)F. The minimum Gasteiger partial charge on any atom is -0.495 e. The second-order valence-electron chi connectivity index (χ2n) is 4.18. The summed E-state index contributed by atoms with van der Waals surface area (Å²) in [5.41, 5.74) is -1.17. The number of hydrogen-bond donors (Lipinski definition) is 0. The van der Waals surface area contributed by atoms with E-state index in [0.29, 0.717) is 0 Å². The summed E-state index contributed by atoms with van der Waals surface area (Å²) in [6, 6.07) is 9.57. The highest BCUT2D eigenvalue weighted by molar-refractivity contribution is 7.87. The maximum Gasteiger partial charge on any atom is 0.420 e. The highest BCUT2D eigenvalue weighted by Gasteiger charge is 2.35. The molecule has 4 nitrogen and oxygen atoms in total. The molecule has 0 saturated heterocycles. The number of alkyl halides is 3. The van der Waals surface area contributed by atoms with Crippen molar-refractivity contribution in [3.8, 4) is 11.5 Å². The van der Waals surface area contributed by atoms with Gasteiger partial charge in [0.15, 0.2) is 5.75 Å². The van der Waals surface area contributed by atoms with E-state index in [9.17, 15) is 21.6 Å². The summed E-state index contributed by atoms with van der Waals surface area (Å²) in [6.45, 7) is 0. The fourth-order valence-corrected chi connectivity index (χ4v) is 2.88. The Bertz CT molecular complexity index is 770. The molecule has 0 atom stereocenters. The first kappa shape index (κ1) is 16.2. The average Bonchev–Trinajstić information content (AvgIpc) is 2.46. The first-order chi connectivity index (χ1) is 10.3. The maximum absolute atomic E-state index is 12.9. The first-order valence-corrected chi connectivity index (χ1v) is 7.40. The van der Waals surface area contributed by atoms with Crippen molar-refractivity contribution in [2.75, 3.05) is 7.11 Å². The summed E-state index contributed by atoms with van der Waals surface area (Å²) in [5, 5.41) is 0. The van der Waals surface area contributed by atoms with E-state index in [4.69, 9.17) is 4.74 Å². The number of hydrogen-bond acceptors (Lipinski definition) is 4. The van der Waals surface area contributed by atoms with Gasteiger partial charge in [0.1, 0.15) is 10.6 Å². The standard InChI is InChI=1S/C14H11F3O4S/c1-20-12-8-4-5-9-13(12)22(18,19)21-11-7-3-2-6-10(11)14(15,16)17/h2-9H,1H3. The van der Waals surface area contributed by atoms with Crippen LogP contribution in [-0.2, 0) is 16.3 Å². The van der Waals surface area contributed by atoms with Crippen LogP contribution in [0.15, 0.2) is 53.4 Å². The summed E-state index contributed by atoms with van der Waals surface area (Å²) >= 11 is 0. The number of rotatable bonds is 4. The zero-order chi connectivity index (χ0) is 16.4. The lowest BCUT2D eigenvalue weighted by Crippen LogP contribution is -2.15. The van der Waals surface area contributed by atoms with Crippen LogP contribution in [0.25, 0.3) is 0 Å². The van der Waals surface area contributed by atoms with E-state index in [1.807, 2.05) is 0 Å². The predicted octanol–water partition coefficient (Wildman–Crippen LogP) is 3.48. The van der Waals surface area contributed by atoms with Crippen molar-refractivity contribution in [2.24, 2.45) is 0 Å². The molecule has 0 N–H and O–H groups in total. The van der Waals surface area contributed by atoms with Crippen LogP contribution >= 0.6 is 0 Å². The summed E-state index contributed by atoms with van der Waals surface area (Å²) in [6.07, 6.45) is -4.73. The molecule has 0 aliphatic heterocycles. The van der Waals surface area contributed by atoms with Gasteiger partial charge in [-0.3, -0.25) is 0 Å². The van der Waals surface area contributed by atoms with Gasteiger partial charge in [-0.25, -0.2) is 0 Å². The largest absolute Gasteiger partial charge is 0.495 e. The lowest BCUT2D eigenvalue weighted by Gasteiger charge is -2.14. The Morgan fingerprint density at radius 3 is 2.05 bits per heavy atom. The van der Waals surface area contributed by atoms with Gasteiger partial charge < -0.3 is 8.92 Å². The Kier molecular flexibility index (Phi) is 4.32. The third-order valence-corrected chi connectivity index (χ3v) is 4.01. The summed E-state index contributed by atoms with van der Waals surface area (Å²) in [5.74, 6) is -0.812. The zero-order valence-electron chi connectivity index (χ0n) is 11.3. The van der Waals surface area contributed by atoms with Gasteiger partial charge in [-0.05, 0) is 24.3 Å². The second-order valence-corrected chi connectivity index (χ2v) is 5.70. The second kappa shape index (κ2) is 5.88. The lowest BCUT2D eigenvalue weighted by molar-refractivity contribution is -0.138. The molecule has 0 aromatic heterocycles. The molecule has 0 aliphatic carbocycles. The van der Waals surface area contributed by atoms with Crippen molar-refractivity contribution in [1.29, 1.82) is 0 Å². The third-order valence-electron chi connectivity index (χ3n) is 2.73. The van der Waals surface area contributed by atoms with Crippen LogP contribution in [0.1, 0.15) is 5.56 Å². The van der Waals surface area contributed by atoms with Crippen LogP contribution in [-0.4, -0.2) is 15.5 Å². The summed E-state index contributed by atoms with van der Waals surface area (Å²) in [7, 11) is -3.22. The van der Waals surface area contributed by atoms with E-state index < -0.39 is 27.6 Å². The fourth-order valence-electron chi connectivity index (χ4n) is 1.76. The molecule has 2 aromatic carbocycles. The topological polar surface area (TPSA) is 52.6 Å². The molecule has 0 bridgehead atoms. The van der Waals surface area contributed by atoms with Gasteiger partial charge in [0, 0.05) is 0 Å². The van der Waals surface area contributed by atoms with E-state index in [2.05, 4.69) is 4.18 Å². The van der Waals surface area contributed by atoms with Crippen molar-refractivity contribution < 1.29 is 30.5 Å². The van der Waals surface area contributed by atoms with Crippen LogP contribution < -0.4 is 8.92 Å². The number of halogens is 3. The molecule has 0 unspecified atom stereocenters. The third kappa shape index (κ3) is 3.33. The van der Waals surface area contributed by atoms with Crippen LogP contribution in [0.5, 0.6) is 11.5 Å². The molecule has 0 amide bonds. The predicted molar refractivity (Wildman–Crippen MR) is 72.3 cm³/mol. The maximum atomic E-state index is 12.9. The van der Waals surface area contributed by atoms with Gasteiger partial charge >= 0.3 is 16.3 Å². The monoisotopic (exact) mass is 332 g/mol. The quantitative estimate of drug-likeness (QED) is 0.805. The molecule has 0 radical (unpaired) electrons. The summed E-state index contributed by atoms with van der Waals surface area (Å²) < 4.78 is 72.5. The Balaban J connectivity index is 2.47. The molecule has 118 valence electrons. The van der Waals surface area contributed by atoms with E-state index in [0.717, 1.165) is 18.2 Å². The normalized spacial score (nSPS) is 12.0. The van der Waals surface area contributed by atoms with Crippen LogP contribution in [0.4, 0.5) is 13.2 Å². The first-order valence-electron chi connectivity index (χ1n) is 5.99. The van der Waals surface area contributed by atoms with E-state index >= 15 is 0 Å². The number of ether oxygens (including phenoxy) is 1. The van der Waals surface area contributed by atoms with Gasteiger partial charge in [0.25, 0.3) is 0 Å². The molecule has 22 heavy (non-hydrogen) atoms. The molecule has 0 fully saturated rings. The van der Waals surface area contributed by atoms with Crippen LogP contribution in [0.3, 0.4) is 0 Å². The minimum absolute atomic E-state index is 0.0213. The highest BCUT2D eigenvalue weighted by Crippen LogP contribution is 2.37. The molecule has 8 heteroatoms. The molecular weight excluding hydrogens is 321 g/mol. The van der Waals surface area contributed by atoms with Gasteiger partial charge in [-0.1, -0.05) is 24.3 Å². The number of methoxy groups -OCH3 is 1. The smallest absolute Gasteiger partial charge is 0.420 e. The zero-order valence-corrected chi connectivity index (χ0v) is 12.1. The Morgan fingerprint density at radius 2 is 1.45 bits per heavy atom. The van der Waals surface area contributed by atoms with Crippen LogP contribution in [0, 0.1) is 0 Å². The van der Waals surface area contributed by atoms with Gasteiger partial charge in [0.05, 0.1) is 12.7 Å². The van der Waals surface area contributed by atoms with Crippen molar-refractivity contribution >= 4 is 10.1 Å². The van der Waals surface area contributed by atoms with Crippen molar-refractivity contribution in [3.63, 3.8) is 0 Å². The lowest BCUT2D eigenvalue weighted by atomic mass is 10.2. The molecule has 0 aliphatic rings. The molecular formula is C14H11F3O4S. The summed E-state index contributed by atoms with van der Waals surface area (Å²) in [4.78, 5) is -0.352.